The fourth-order valence-electron chi connectivity index (χ4n) is 3.32. The fraction of sp³-hybridized carbons (Fsp3) is 0.333. The van der Waals surface area contributed by atoms with Gasteiger partial charge in [0.1, 0.15) is 0 Å². The molecular weight excluding hydrogens is 312 g/mol. The molecule has 1 N–H and O–H groups in total. The number of hydrogen-bond donors (Lipinski definition) is 1. The summed E-state index contributed by atoms with van der Waals surface area (Å²) < 4.78 is 0. The number of piperidine rings is 1. The summed E-state index contributed by atoms with van der Waals surface area (Å²) in [6.45, 7) is 3.47. The molecular formula is C21H24N2O2. The van der Waals surface area contributed by atoms with E-state index < -0.39 is 0 Å². The Balaban J connectivity index is 1.53. The number of para-hydroxylation sites is 1. The number of hydrogen-bond acceptors (Lipinski definition) is 3. The Morgan fingerprint density at radius 2 is 1.52 bits per heavy atom. The van der Waals surface area contributed by atoms with E-state index in [2.05, 4.69) is 10.2 Å². The van der Waals surface area contributed by atoms with Gasteiger partial charge in [-0.05, 0) is 45.0 Å². The van der Waals surface area contributed by atoms with E-state index in [1.807, 2.05) is 67.6 Å². The molecule has 0 spiro atoms. The van der Waals surface area contributed by atoms with Crippen molar-refractivity contribution in [2.75, 3.05) is 18.4 Å². The molecule has 4 heteroatoms. The van der Waals surface area contributed by atoms with Crippen LogP contribution in [0.4, 0.5) is 5.69 Å². The zero-order chi connectivity index (χ0) is 17.6. The number of benzene rings is 2. The van der Waals surface area contributed by atoms with Gasteiger partial charge < -0.3 is 5.32 Å². The summed E-state index contributed by atoms with van der Waals surface area (Å²) in [5.74, 6) is 0.281. The van der Waals surface area contributed by atoms with Crippen LogP contribution in [0.3, 0.4) is 0 Å². The third-order valence-electron chi connectivity index (χ3n) is 4.93. The lowest BCUT2D eigenvalue weighted by Gasteiger charge is -2.34. The average molecular weight is 336 g/mol. The molecule has 1 saturated heterocycles. The van der Waals surface area contributed by atoms with Gasteiger partial charge in [-0.3, -0.25) is 14.5 Å². The third-order valence-corrected chi connectivity index (χ3v) is 4.93. The lowest BCUT2D eigenvalue weighted by atomic mass is 9.88. The molecule has 0 saturated carbocycles. The number of anilines is 1. The number of nitrogens with one attached hydrogen (secondary N) is 1. The average Bonchev–Trinajstić information content (AvgIpc) is 2.68. The Labute approximate surface area is 148 Å². The van der Waals surface area contributed by atoms with Crippen LogP contribution in [0.5, 0.6) is 0 Å². The Morgan fingerprint density at radius 3 is 2.12 bits per heavy atom. The largest absolute Gasteiger partial charge is 0.325 e. The lowest BCUT2D eigenvalue weighted by Crippen LogP contribution is -2.47. The van der Waals surface area contributed by atoms with Crippen molar-refractivity contribution in [2.24, 2.45) is 5.92 Å². The number of carbonyl (C=O) groups is 2. The Bertz CT molecular complexity index is 707. The number of nitrogens with zero attached hydrogens (tertiary/aromatic N) is 1. The van der Waals surface area contributed by atoms with Crippen LogP contribution in [-0.4, -0.2) is 35.7 Å². The molecule has 130 valence electrons. The summed E-state index contributed by atoms with van der Waals surface area (Å²) in [6, 6.07) is 18.8. The van der Waals surface area contributed by atoms with Crippen LogP contribution in [0.2, 0.25) is 0 Å². The van der Waals surface area contributed by atoms with Crippen LogP contribution in [0.25, 0.3) is 0 Å². The quantitative estimate of drug-likeness (QED) is 0.849. The number of Topliss-reactive ketones (excluding diaryl/α,β-unsaturated/α-hetero) is 1. The van der Waals surface area contributed by atoms with Crippen LogP contribution in [-0.2, 0) is 4.79 Å². The molecule has 0 radical (unpaired) electrons. The number of likely N-dealkylation sites (tertiary alicyclic amines) is 1. The summed E-state index contributed by atoms with van der Waals surface area (Å²) in [5, 5.41) is 2.95. The van der Waals surface area contributed by atoms with Crippen molar-refractivity contribution < 1.29 is 9.59 Å². The molecule has 1 atom stereocenters. The van der Waals surface area contributed by atoms with Crippen molar-refractivity contribution in [3.05, 3.63) is 66.2 Å². The highest BCUT2D eigenvalue weighted by Gasteiger charge is 2.30. The zero-order valence-electron chi connectivity index (χ0n) is 14.5. The van der Waals surface area contributed by atoms with Crippen molar-refractivity contribution in [1.82, 2.24) is 4.90 Å². The minimum Gasteiger partial charge on any atom is -0.325 e. The van der Waals surface area contributed by atoms with Crippen molar-refractivity contribution in [2.45, 2.75) is 25.8 Å². The van der Waals surface area contributed by atoms with E-state index in [9.17, 15) is 9.59 Å². The molecule has 1 heterocycles. The van der Waals surface area contributed by atoms with Crippen molar-refractivity contribution in [3.8, 4) is 0 Å². The maximum atomic E-state index is 12.6. The first-order valence-corrected chi connectivity index (χ1v) is 8.84. The fourth-order valence-corrected chi connectivity index (χ4v) is 3.32. The maximum Gasteiger partial charge on any atom is 0.241 e. The second kappa shape index (κ2) is 8.08. The molecule has 1 aliphatic heterocycles. The monoisotopic (exact) mass is 336 g/mol. The summed E-state index contributed by atoms with van der Waals surface area (Å²) in [4.78, 5) is 27.1. The Kier molecular flexibility index (Phi) is 5.61. The molecule has 0 aromatic heterocycles. The van der Waals surface area contributed by atoms with Crippen LogP contribution in [0.1, 0.15) is 30.1 Å². The normalized spacial score (nSPS) is 17.0. The van der Waals surface area contributed by atoms with Crippen LogP contribution < -0.4 is 5.32 Å². The van der Waals surface area contributed by atoms with E-state index in [4.69, 9.17) is 0 Å². The van der Waals surface area contributed by atoms with Crippen molar-refractivity contribution in [3.63, 3.8) is 0 Å². The van der Waals surface area contributed by atoms with E-state index in [1.54, 1.807) is 0 Å². The SMILES string of the molecule is C[C@@H](C(=O)Nc1ccccc1)N1CCC(C(=O)c2ccccc2)CC1. The zero-order valence-corrected chi connectivity index (χ0v) is 14.5. The van der Waals surface area contributed by atoms with Gasteiger partial charge in [-0.1, -0.05) is 48.5 Å². The van der Waals surface area contributed by atoms with Gasteiger partial charge in [0.25, 0.3) is 0 Å². The van der Waals surface area contributed by atoms with Gasteiger partial charge in [-0.15, -0.1) is 0 Å². The molecule has 4 nitrogen and oxygen atoms in total. The molecule has 1 amide bonds. The summed E-state index contributed by atoms with van der Waals surface area (Å²) >= 11 is 0. The van der Waals surface area contributed by atoms with Gasteiger partial charge in [-0.2, -0.15) is 0 Å². The van der Waals surface area contributed by atoms with Gasteiger partial charge in [0, 0.05) is 17.2 Å². The molecule has 1 aliphatic rings. The minimum atomic E-state index is -0.201. The topological polar surface area (TPSA) is 49.4 Å². The predicted octanol–water partition coefficient (Wildman–Crippen LogP) is 3.61. The van der Waals surface area contributed by atoms with Gasteiger partial charge in [0.2, 0.25) is 5.91 Å². The summed E-state index contributed by atoms with van der Waals surface area (Å²) in [7, 11) is 0. The van der Waals surface area contributed by atoms with Gasteiger partial charge >= 0.3 is 0 Å². The van der Waals surface area contributed by atoms with Crippen molar-refractivity contribution >= 4 is 17.4 Å². The highest BCUT2D eigenvalue weighted by molar-refractivity contribution is 5.98. The van der Waals surface area contributed by atoms with E-state index in [0.717, 1.165) is 37.2 Å². The standard InChI is InChI=1S/C21H24N2O2/c1-16(21(25)22-19-10-6-3-7-11-19)23-14-12-18(13-15-23)20(24)17-8-4-2-5-9-17/h2-11,16,18H,12-15H2,1H3,(H,22,25)/t16-/m0/s1. The number of ketones is 1. The lowest BCUT2D eigenvalue weighted by molar-refractivity contribution is -0.121. The summed E-state index contributed by atoms with van der Waals surface area (Å²) in [6.07, 6.45) is 1.60. The first kappa shape index (κ1) is 17.4. The molecule has 3 rings (SSSR count). The molecule has 1 fully saturated rings. The summed E-state index contributed by atoms with van der Waals surface area (Å²) in [5.41, 5.74) is 1.60. The Hall–Kier alpha value is -2.46. The third kappa shape index (κ3) is 4.34. The molecule has 25 heavy (non-hydrogen) atoms. The van der Waals surface area contributed by atoms with E-state index in [-0.39, 0.29) is 23.7 Å². The van der Waals surface area contributed by atoms with Crippen molar-refractivity contribution in [1.29, 1.82) is 0 Å². The first-order valence-electron chi connectivity index (χ1n) is 8.84. The van der Waals surface area contributed by atoms with E-state index in [0.29, 0.717) is 0 Å². The molecule has 2 aromatic carbocycles. The Morgan fingerprint density at radius 1 is 0.960 bits per heavy atom. The van der Waals surface area contributed by atoms with E-state index in [1.165, 1.54) is 0 Å². The smallest absolute Gasteiger partial charge is 0.241 e. The maximum absolute atomic E-state index is 12.6. The molecule has 0 unspecified atom stereocenters. The van der Waals surface area contributed by atoms with Gasteiger partial charge in [0.15, 0.2) is 5.78 Å². The molecule has 0 aliphatic carbocycles. The predicted molar refractivity (Wildman–Crippen MR) is 99.6 cm³/mol. The second-order valence-corrected chi connectivity index (χ2v) is 6.57. The second-order valence-electron chi connectivity index (χ2n) is 6.57. The highest BCUT2D eigenvalue weighted by atomic mass is 16.2. The number of carbonyl (C=O) groups excluding carboxylic acids is 2. The van der Waals surface area contributed by atoms with Gasteiger partial charge in [0.05, 0.1) is 6.04 Å². The molecule has 0 bridgehead atoms. The minimum absolute atomic E-state index is 0.000893. The van der Waals surface area contributed by atoms with Gasteiger partial charge in [-0.25, -0.2) is 0 Å². The van der Waals surface area contributed by atoms with Crippen LogP contribution in [0, 0.1) is 5.92 Å². The highest BCUT2D eigenvalue weighted by Crippen LogP contribution is 2.23. The number of rotatable bonds is 5. The van der Waals surface area contributed by atoms with Crippen LogP contribution in [0.15, 0.2) is 60.7 Å². The van der Waals surface area contributed by atoms with E-state index >= 15 is 0 Å². The number of amides is 1. The first-order chi connectivity index (χ1) is 12.1. The van der Waals surface area contributed by atoms with Crippen LogP contribution >= 0.6 is 0 Å². The molecule has 2 aromatic rings.